The Balaban J connectivity index is 1.79. The van der Waals surface area contributed by atoms with Crippen LogP contribution in [0.1, 0.15) is 69.2 Å². The first-order valence-electron chi connectivity index (χ1n) is 12.0. The van der Waals surface area contributed by atoms with Gasteiger partial charge >= 0.3 is 0 Å². The third-order valence-electron chi connectivity index (χ3n) is 6.84. The zero-order chi connectivity index (χ0) is 23.8. The molecule has 1 fully saturated rings. The second-order valence-electron chi connectivity index (χ2n) is 10.3. The molecule has 1 saturated carbocycles. The Morgan fingerprint density at radius 3 is 2.58 bits per heavy atom. The standard InChI is InChI=1S/C28H36N2O3/c1-7-8-11-33-24-10-9-19(14-25(24)32-6)27-26-22(15-28(4,5)16-23(26)31)29-20-12-17(2)18(3)13-21(20)30-27/h9-10,12-14,26-27,30H,7-8,11,15-16H2,1-6H3/t26-,27+/m1/s1. The van der Waals surface area contributed by atoms with Crippen LogP contribution in [0.2, 0.25) is 0 Å². The second-order valence-corrected chi connectivity index (χ2v) is 10.3. The van der Waals surface area contributed by atoms with E-state index >= 15 is 0 Å². The molecule has 5 nitrogen and oxygen atoms in total. The molecular weight excluding hydrogens is 412 g/mol. The molecule has 176 valence electrons. The van der Waals surface area contributed by atoms with Crippen molar-refractivity contribution in [1.29, 1.82) is 0 Å². The number of rotatable bonds is 6. The van der Waals surface area contributed by atoms with Crippen LogP contribution in [0, 0.1) is 25.2 Å². The zero-order valence-electron chi connectivity index (χ0n) is 20.7. The molecule has 2 atom stereocenters. The van der Waals surface area contributed by atoms with Crippen LogP contribution in [0.3, 0.4) is 0 Å². The van der Waals surface area contributed by atoms with Crippen molar-refractivity contribution in [3.8, 4) is 11.5 Å². The lowest BCUT2D eigenvalue weighted by atomic mass is 9.68. The summed E-state index contributed by atoms with van der Waals surface area (Å²) in [6, 6.07) is 10.1. The fourth-order valence-corrected chi connectivity index (χ4v) is 4.93. The lowest BCUT2D eigenvalue weighted by Crippen LogP contribution is -2.42. The monoisotopic (exact) mass is 448 g/mol. The number of nitrogens with zero attached hydrogens (tertiary/aromatic N) is 1. The van der Waals surface area contributed by atoms with Crippen molar-refractivity contribution in [3.05, 3.63) is 47.0 Å². The largest absolute Gasteiger partial charge is 0.493 e. The summed E-state index contributed by atoms with van der Waals surface area (Å²) >= 11 is 0. The molecule has 5 heteroatoms. The SMILES string of the molecule is CCCCOc1ccc([C@@H]2Nc3cc(C)c(C)cc3N=C3CC(C)(C)CC(=O)[C@@H]32)cc1OC. The Kier molecular flexibility index (Phi) is 6.51. The summed E-state index contributed by atoms with van der Waals surface area (Å²) in [4.78, 5) is 18.6. The van der Waals surface area contributed by atoms with Crippen molar-refractivity contribution in [3.63, 3.8) is 0 Å². The predicted octanol–water partition coefficient (Wildman–Crippen LogP) is 6.74. The van der Waals surface area contributed by atoms with Gasteiger partial charge in [0.15, 0.2) is 11.5 Å². The number of ketones is 1. The molecule has 0 aromatic heterocycles. The van der Waals surface area contributed by atoms with Crippen LogP contribution in [0.5, 0.6) is 11.5 Å². The van der Waals surface area contributed by atoms with E-state index in [2.05, 4.69) is 58.1 Å². The molecule has 2 aromatic carbocycles. The predicted molar refractivity (Wildman–Crippen MR) is 134 cm³/mol. The van der Waals surface area contributed by atoms with Gasteiger partial charge in [0, 0.05) is 12.1 Å². The number of carbonyl (C=O) groups excluding carboxylic acids is 1. The molecule has 0 spiro atoms. The minimum absolute atomic E-state index is 0.0874. The van der Waals surface area contributed by atoms with Gasteiger partial charge in [0.25, 0.3) is 0 Å². The second kappa shape index (κ2) is 9.20. The van der Waals surface area contributed by atoms with E-state index in [9.17, 15) is 4.79 Å². The van der Waals surface area contributed by atoms with Crippen LogP contribution < -0.4 is 14.8 Å². The van der Waals surface area contributed by atoms with Gasteiger partial charge in [0.2, 0.25) is 0 Å². The van der Waals surface area contributed by atoms with E-state index < -0.39 is 0 Å². The maximum absolute atomic E-state index is 13.5. The number of aryl methyl sites for hydroxylation is 2. The Bertz CT molecular complexity index is 1090. The van der Waals surface area contributed by atoms with E-state index in [0.717, 1.165) is 47.7 Å². The molecule has 0 saturated heterocycles. The first kappa shape index (κ1) is 23.3. The Morgan fingerprint density at radius 2 is 1.85 bits per heavy atom. The van der Waals surface area contributed by atoms with Crippen LogP contribution >= 0.6 is 0 Å². The fraction of sp³-hybridized carbons (Fsp3) is 0.500. The Morgan fingerprint density at radius 1 is 1.09 bits per heavy atom. The number of carbonyl (C=O) groups is 1. The summed E-state index contributed by atoms with van der Waals surface area (Å²) in [7, 11) is 1.66. The van der Waals surface area contributed by atoms with Crippen LogP contribution in [0.4, 0.5) is 11.4 Å². The molecule has 0 amide bonds. The number of Topliss-reactive ketones (excluding diaryl/α,β-unsaturated/α-hetero) is 1. The third-order valence-corrected chi connectivity index (χ3v) is 6.84. The lowest BCUT2D eigenvalue weighted by Gasteiger charge is -2.37. The normalized spacial score (nSPS) is 21.3. The van der Waals surface area contributed by atoms with Crippen LogP contribution in [-0.2, 0) is 4.79 Å². The minimum Gasteiger partial charge on any atom is -0.493 e. The Labute approximate surface area is 197 Å². The summed E-state index contributed by atoms with van der Waals surface area (Å²) in [5.74, 6) is 1.37. The van der Waals surface area contributed by atoms with Crippen molar-refractivity contribution in [2.45, 2.75) is 66.3 Å². The highest BCUT2D eigenvalue weighted by molar-refractivity contribution is 6.10. The van der Waals surface area contributed by atoms with E-state index in [-0.39, 0.29) is 23.2 Å². The average Bonchev–Trinajstić information content (AvgIpc) is 2.90. The molecule has 1 aliphatic carbocycles. The van der Waals surface area contributed by atoms with Crippen molar-refractivity contribution in [1.82, 2.24) is 0 Å². The van der Waals surface area contributed by atoms with E-state index in [0.29, 0.717) is 18.8 Å². The van der Waals surface area contributed by atoms with E-state index in [1.165, 1.54) is 11.1 Å². The maximum Gasteiger partial charge on any atom is 0.161 e. The Hall–Kier alpha value is -2.82. The van der Waals surface area contributed by atoms with Crippen molar-refractivity contribution in [2.75, 3.05) is 19.0 Å². The van der Waals surface area contributed by atoms with Crippen molar-refractivity contribution in [2.24, 2.45) is 16.3 Å². The zero-order valence-corrected chi connectivity index (χ0v) is 20.7. The number of fused-ring (bicyclic) bond motifs is 2. The van der Waals surface area contributed by atoms with Gasteiger partial charge in [0.1, 0.15) is 5.78 Å². The summed E-state index contributed by atoms with van der Waals surface area (Å²) < 4.78 is 11.6. The molecule has 1 N–H and O–H groups in total. The first-order valence-corrected chi connectivity index (χ1v) is 12.0. The van der Waals surface area contributed by atoms with Crippen LogP contribution in [0.25, 0.3) is 0 Å². The number of methoxy groups -OCH3 is 1. The highest BCUT2D eigenvalue weighted by atomic mass is 16.5. The topological polar surface area (TPSA) is 59.9 Å². The van der Waals surface area contributed by atoms with E-state index in [1.54, 1.807) is 7.11 Å². The number of nitrogens with one attached hydrogen (secondary N) is 1. The van der Waals surface area contributed by atoms with Crippen molar-refractivity contribution < 1.29 is 14.3 Å². The minimum atomic E-state index is -0.303. The van der Waals surface area contributed by atoms with Gasteiger partial charge in [-0.25, -0.2) is 0 Å². The van der Waals surface area contributed by atoms with Crippen molar-refractivity contribution >= 4 is 22.9 Å². The molecule has 1 aliphatic heterocycles. The molecule has 33 heavy (non-hydrogen) atoms. The van der Waals surface area contributed by atoms with Gasteiger partial charge in [-0.1, -0.05) is 33.3 Å². The number of unbranched alkanes of at least 4 members (excludes halogenated alkanes) is 1. The number of hydrogen-bond donors (Lipinski definition) is 1. The van der Waals surface area contributed by atoms with Crippen LogP contribution in [-0.4, -0.2) is 25.2 Å². The third kappa shape index (κ3) is 4.78. The molecule has 0 unspecified atom stereocenters. The van der Waals surface area contributed by atoms with Gasteiger partial charge in [-0.15, -0.1) is 0 Å². The summed E-state index contributed by atoms with van der Waals surface area (Å²) in [6.07, 6.45) is 3.44. The molecule has 1 heterocycles. The maximum atomic E-state index is 13.5. The molecule has 4 rings (SSSR count). The van der Waals surface area contributed by atoms with Gasteiger partial charge in [-0.05, 0) is 73.1 Å². The van der Waals surface area contributed by atoms with Gasteiger partial charge in [-0.3, -0.25) is 9.79 Å². The summed E-state index contributed by atoms with van der Waals surface area (Å²) in [6.45, 7) is 11.3. The average molecular weight is 449 g/mol. The quantitative estimate of drug-likeness (QED) is 0.497. The molecular formula is C28H36N2O3. The number of hydrogen-bond acceptors (Lipinski definition) is 5. The van der Waals surface area contributed by atoms with E-state index in [4.69, 9.17) is 14.5 Å². The molecule has 0 bridgehead atoms. The van der Waals surface area contributed by atoms with Gasteiger partial charge in [0.05, 0.1) is 37.1 Å². The number of anilines is 1. The summed E-state index contributed by atoms with van der Waals surface area (Å²) in [5, 5.41) is 3.69. The molecule has 2 aromatic rings. The number of benzene rings is 2. The van der Waals surface area contributed by atoms with Gasteiger partial charge < -0.3 is 14.8 Å². The molecule has 0 radical (unpaired) electrons. The fourth-order valence-electron chi connectivity index (χ4n) is 4.93. The van der Waals surface area contributed by atoms with E-state index in [1.807, 2.05) is 12.1 Å². The summed E-state index contributed by atoms with van der Waals surface area (Å²) in [5.41, 5.74) is 6.18. The van der Waals surface area contributed by atoms with Crippen LogP contribution in [0.15, 0.2) is 35.3 Å². The number of ether oxygens (including phenoxy) is 2. The highest BCUT2D eigenvalue weighted by Crippen LogP contribution is 2.46. The molecule has 2 aliphatic rings. The smallest absolute Gasteiger partial charge is 0.161 e. The lowest BCUT2D eigenvalue weighted by molar-refractivity contribution is -0.124. The first-order chi connectivity index (χ1) is 15.7. The highest BCUT2D eigenvalue weighted by Gasteiger charge is 2.44. The van der Waals surface area contributed by atoms with Gasteiger partial charge in [-0.2, -0.15) is 0 Å². The number of aliphatic imine (C=N–C) groups is 1.